The highest BCUT2D eigenvalue weighted by Crippen LogP contribution is 2.24. The van der Waals surface area contributed by atoms with Crippen molar-refractivity contribution in [2.24, 2.45) is 5.10 Å². The molecule has 1 heterocycles. The van der Waals surface area contributed by atoms with Gasteiger partial charge in [0.25, 0.3) is 5.91 Å². The molecule has 0 unspecified atom stereocenters. The fourth-order valence-electron chi connectivity index (χ4n) is 1.50. The van der Waals surface area contributed by atoms with Crippen LogP contribution in [0.5, 0.6) is 0 Å². The summed E-state index contributed by atoms with van der Waals surface area (Å²) in [6, 6.07) is 5.51. The molecule has 0 aliphatic carbocycles. The van der Waals surface area contributed by atoms with E-state index in [2.05, 4.69) is 22.8 Å². The van der Waals surface area contributed by atoms with Crippen molar-refractivity contribution in [1.29, 1.82) is 0 Å². The van der Waals surface area contributed by atoms with Gasteiger partial charge in [0, 0.05) is 12.5 Å². The summed E-state index contributed by atoms with van der Waals surface area (Å²) in [5.41, 5.74) is 4.79. The molecule has 2 rings (SSSR count). The molecule has 0 bridgehead atoms. The van der Waals surface area contributed by atoms with Gasteiger partial charge in [-0.1, -0.05) is 12.1 Å². The van der Waals surface area contributed by atoms with Crippen molar-refractivity contribution >= 4 is 23.2 Å². The number of carbonyl (C=O) groups excluding carboxylic acids is 2. The highest BCUT2D eigenvalue weighted by molar-refractivity contribution is 6.53. The first-order valence-electron chi connectivity index (χ1n) is 4.70. The largest absolute Gasteiger partial charge is 0.320 e. The molecule has 1 aliphatic heterocycles. The Bertz CT molecular complexity index is 506. The Hall–Kier alpha value is -2.17. The average Bonchev–Trinajstić information content (AvgIpc) is 2.50. The summed E-state index contributed by atoms with van der Waals surface area (Å²) < 4.78 is 0. The van der Waals surface area contributed by atoms with Gasteiger partial charge in [0.15, 0.2) is 5.71 Å². The summed E-state index contributed by atoms with van der Waals surface area (Å²) in [4.78, 5) is 22.2. The van der Waals surface area contributed by atoms with E-state index in [0.29, 0.717) is 11.3 Å². The van der Waals surface area contributed by atoms with Crippen LogP contribution in [0.2, 0.25) is 0 Å². The first kappa shape index (κ1) is 10.4. The van der Waals surface area contributed by atoms with E-state index in [1.807, 2.05) is 19.1 Å². The first-order valence-corrected chi connectivity index (χ1v) is 4.70. The van der Waals surface area contributed by atoms with E-state index < -0.39 is 5.91 Å². The molecule has 2 N–H and O–H groups in total. The van der Waals surface area contributed by atoms with Gasteiger partial charge in [-0.2, -0.15) is 5.10 Å². The number of hydrazone groups is 1. The van der Waals surface area contributed by atoms with Gasteiger partial charge < -0.3 is 5.32 Å². The van der Waals surface area contributed by atoms with Gasteiger partial charge in [-0.15, -0.1) is 0 Å². The Morgan fingerprint density at radius 1 is 1.50 bits per heavy atom. The Morgan fingerprint density at radius 3 is 2.94 bits per heavy atom. The Kier molecular flexibility index (Phi) is 2.44. The second-order valence-electron chi connectivity index (χ2n) is 3.50. The predicted molar refractivity (Wildman–Crippen MR) is 59.8 cm³/mol. The van der Waals surface area contributed by atoms with Crippen LogP contribution < -0.4 is 10.7 Å². The smallest absolute Gasteiger partial charge is 0.276 e. The highest BCUT2D eigenvalue weighted by atomic mass is 16.2. The summed E-state index contributed by atoms with van der Waals surface area (Å²) >= 11 is 0. The maximum atomic E-state index is 11.5. The average molecular weight is 216 g/mol. The number of amides is 2. The van der Waals surface area contributed by atoms with Crippen molar-refractivity contribution in [3.63, 3.8) is 0 Å². The molecule has 0 atom stereocenters. The number of fused-ring (bicyclic) bond motifs is 1. The lowest BCUT2D eigenvalue weighted by molar-refractivity contribution is -0.116. The molecule has 0 aromatic heterocycles. The molecule has 5 nitrogen and oxygen atoms in total. The minimum absolute atomic E-state index is 0.201. The number of anilines is 1. The van der Waals surface area contributed by atoms with E-state index >= 15 is 0 Å². The van der Waals surface area contributed by atoms with Gasteiger partial charge in [0.1, 0.15) is 0 Å². The normalized spacial score (nSPS) is 15.9. The molecule has 0 spiro atoms. The predicted octanol–water partition coefficient (Wildman–Crippen LogP) is 0.602. The van der Waals surface area contributed by atoms with Crippen molar-refractivity contribution in [2.45, 2.75) is 6.92 Å². The number of benzene rings is 1. The van der Waals surface area contributed by atoms with Crippen LogP contribution in [0.15, 0.2) is 23.3 Å². The third kappa shape index (κ3) is 1.79. The standard InChI is InChI=1S/C11H10N3O2/c1-6-3-4-8-9(5-6)12-11(16)10(8)14-13-7(2)15/h3-5H,2H2,1H3,(H,13,15)(H,12,14,16). The second kappa shape index (κ2) is 3.77. The first-order chi connectivity index (χ1) is 7.58. The molecular formula is C11H10N3O2. The molecule has 0 fully saturated rings. The summed E-state index contributed by atoms with van der Waals surface area (Å²) in [5.74, 6) is -0.879. The van der Waals surface area contributed by atoms with Gasteiger partial charge >= 0.3 is 0 Å². The molecule has 1 radical (unpaired) electrons. The Balaban J connectivity index is 2.40. The number of hydrogen-bond donors (Lipinski definition) is 2. The van der Waals surface area contributed by atoms with Crippen molar-refractivity contribution in [2.75, 3.05) is 5.32 Å². The van der Waals surface area contributed by atoms with Gasteiger partial charge in [-0.25, -0.2) is 5.43 Å². The van der Waals surface area contributed by atoms with Crippen LogP contribution in [0.25, 0.3) is 0 Å². The van der Waals surface area contributed by atoms with E-state index in [-0.39, 0.29) is 11.6 Å². The van der Waals surface area contributed by atoms with E-state index in [4.69, 9.17) is 0 Å². The number of nitrogens with zero attached hydrogens (tertiary/aromatic N) is 1. The molecule has 1 aliphatic rings. The van der Waals surface area contributed by atoms with Gasteiger partial charge in [-0.3, -0.25) is 9.59 Å². The molecule has 1 aromatic rings. The Morgan fingerprint density at radius 2 is 2.25 bits per heavy atom. The molecular weight excluding hydrogens is 206 g/mol. The lowest BCUT2D eigenvalue weighted by atomic mass is 10.1. The third-order valence-electron chi connectivity index (χ3n) is 2.19. The maximum absolute atomic E-state index is 11.5. The summed E-state index contributed by atoms with van der Waals surface area (Å²) in [6.45, 7) is 5.04. The highest BCUT2D eigenvalue weighted by Gasteiger charge is 2.25. The monoisotopic (exact) mass is 216 g/mol. The molecule has 0 saturated carbocycles. The fourth-order valence-corrected chi connectivity index (χ4v) is 1.50. The molecule has 5 heteroatoms. The van der Waals surface area contributed by atoms with E-state index in [0.717, 1.165) is 5.56 Å². The molecule has 2 amide bonds. The van der Waals surface area contributed by atoms with Crippen molar-refractivity contribution in [1.82, 2.24) is 5.43 Å². The second-order valence-corrected chi connectivity index (χ2v) is 3.50. The number of rotatable bonds is 1. The van der Waals surface area contributed by atoms with Crippen LogP contribution in [0.3, 0.4) is 0 Å². The molecule has 81 valence electrons. The minimum atomic E-state index is -0.555. The topological polar surface area (TPSA) is 70.6 Å². The number of nitrogens with one attached hydrogen (secondary N) is 2. The van der Waals surface area contributed by atoms with E-state index in [1.54, 1.807) is 6.07 Å². The summed E-state index contributed by atoms with van der Waals surface area (Å²) in [7, 11) is 0. The van der Waals surface area contributed by atoms with Crippen molar-refractivity contribution in [3.05, 3.63) is 36.2 Å². The zero-order valence-corrected chi connectivity index (χ0v) is 8.70. The lowest BCUT2D eigenvalue weighted by Crippen LogP contribution is -2.21. The van der Waals surface area contributed by atoms with E-state index in [1.165, 1.54) is 0 Å². The summed E-state index contributed by atoms with van der Waals surface area (Å²) in [6.07, 6.45) is 0. The number of hydrogen-bond acceptors (Lipinski definition) is 3. The van der Waals surface area contributed by atoms with Crippen LogP contribution >= 0.6 is 0 Å². The van der Waals surface area contributed by atoms with Crippen LogP contribution in [0.1, 0.15) is 11.1 Å². The maximum Gasteiger partial charge on any atom is 0.276 e. The minimum Gasteiger partial charge on any atom is -0.320 e. The van der Waals surface area contributed by atoms with Crippen LogP contribution in [-0.2, 0) is 9.59 Å². The van der Waals surface area contributed by atoms with Gasteiger partial charge in [0.05, 0.1) is 5.69 Å². The lowest BCUT2D eigenvalue weighted by Gasteiger charge is -1.98. The van der Waals surface area contributed by atoms with E-state index in [9.17, 15) is 9.59 Å². The molecule has 16 heavy (non-hydrogen) atoms. The van der Waals surface area contributed by atoms with Crippen molar-refractivity contribution in [3.8, 4) is 0 Å². The SMILES string of the molecule is [CH2]C(=O)NN=C1C(=O)Nc2cc(C)ccc21. The number of aryl methyl sites for hydroxylation is 1. The van der Waals surface area contributed by atoms with Gasteiger partial charge in [0.2, 0.25) is 5.91 Å². The number of carbonyl (C=O) groups is 2. The zero-order valence-electron chi connectivity index (χ0n) is 8.70. The van der Waals surface area contributed by atoms with Crippen molar-refractivity contribution < 1.29 is 9.59 Å². The third-order valence-corrected chi connectivity index (χ3v) is 2.19. The Labute approximate surface area is 92.5 Å². The summed E-state index contributed by atoms with van der Waals surface area (Å²) in [5, 5.41) is 6.39. The quantitative estimate of drug-likeness (QED) is 0.675. The zero-order chi connectivity index (χ0) is 11.7. The van der Waals surface area contributed by atoms with Crippen LogP contribution in [0, 0.1) is 13.8 Å². The van der Waals surface area contributed by atoms with Gasteiger partial charge in [-0.05, 0) is 18.6 Å². The molecule has 0 saturated heterocycles. The van der Waals surface area contributed by atoms with Crippen LogP contribution in [0.4, 0.5) is 5.69 Å². The van der Waals surface area contributed by atoms with Crippen LogP contribution in [-0.4, -0.2) is 17.5 Å². The fraction of sp³-hybridized carbons (Fsp3) is 0.0909. The molecule has 1 aromatic carbocycles.